The van der Waals surface area contributed by atoms with Crippen LogP contribution in [0.15, 0.2) is 41.5 Å². The van der Waals surface area contributed by atoms with E-state index in [1.54, 1.807) is 6.21 Å². The smallest absolute Gasteiger partial charge is 0.254 e. The molecule has 154 valence electrons. The predicted octanol–water partition coefficient (Wildman–Crippen LogP) is 4.59. The molecule has 2 bridgehead atoms. The lowest BCUT2D eigenvalue weighted by Gasteiger charge is -2.37. The van der Waals surface area contributed by atoms with E-state index in [1.165, 1.54) is 0 Å². The molecule has 1 saturated carbocycles. The Balaban J connectivity index is 1.45. The Hall–Kier alpha value is -2.66. The number of rotatable bonds is 3. The number of amides is 2. The highest BCUT2D eigenvalue weighted by atomic mass is 35.5. The molecule has 1 saturated heterocycles. The zero-order valence-electron chi connectivity index (χ0n) is 17.3. The van der Waals surface area contributed by atoms with Gasteiger partial charge in [-0.25, -0.2) is 0 Å². The molecule has 6 rings (SSSR count). The summed E-state index contributed by atoms with van der Waals surface area (Å²) in [5.74, 6) is -0.430. The molecule has 5 nitrogen and oxygen atoms in total. The molecule has 1 aromatic heterocycles. The summed E-state index contributed by atoms with van der Waals surface area (Å²) < 4.78 is 2.10. The van der Waals surface area contributed by atoms with Gasteiger partial charge in [-0.3, -0.25) is 9.59 Å². The Kier molecular flexibility index (Phi) is 4.47. The van der Waals surface area contributed by atoms with E-state index in [0.717, 1.165) is 46.1 Å². The zero-order chi connectivity index (χ0) is 21.2. The molecule has 0 unspecified atom stereocenters. The fraction of sp³-hybridized carbons (Fsp3) is 0.375. The van der Waals surface area contributed by atoms with Crippen LogP contribution in [0.1, 0.15) is 35.4 Å². The van der Waals surface area contributed by atoms with E-state index < -0.39 is 0 Å². The first-order chi connectivity index (χ1) is 14.4. The van der Waals surface area contributed by atoms with Crippen molar-refractivity contribution in [1.82, 2.24) is 9.58 Å². The topological polar surface area (TPSA) is 54.7 Å². The summed E-state index contributed by atoms with van der Waals surface area (Å²) in [4.78, 5) is 25.9. The highest BCUT2D eigenvalue weighted by Crippen LogP contribution is 2.49. The summed E-state index contributed by atoms with van der Waals surface area (Å²) in [6.07, 6.45) is 7.84. The van der Waals surface area contributed by atoms with E-state index in [0.29, 0.717) is 5.02 Å². The zero-order valence-corrected chi connectivity index (χ0v) is 18.1. The van der Waals surface area contributed by atoms with Gasteiger partial charge >= 0.3 is 0 Å². The van der Waals surface area contributed by atoms with Crippen molar-refractivity contribution >= 4 is 29.6 Å². The number of allylic oxidation sites excluding steroid dienone is 2. The molecule has 0 N–H and O–H groups in total. The monoisotopic (exact) mass is 421 g/mol. The number of hydrogen-bond donors (Lipinski definition) is 0. The highest BCUT2D eigenvalue weighted by Gasteiger charge is 2.56. The average molecular weight is 422 g/mol. The van der Waals surface area contributed by atoms with E-state index in [-0.39, 0.29) is 35.5 Å². The molecule has 1 aliphatic heterocycles. The Bertz CT molecular complexity index is 1100. The number of nitrogens with zero attached hydrogens (tertiary/aromatic N) is 3. The summed E-state index contributed by atoms with van der Waals surface area (Å²) in [6, 6.07) is 7.98. The predicted molar refractivity (Wildman–Crippen MR) is 117 cm³/mol. The van der Waals surface area contributed by atoms with Crippen LogP contribution < -0.4 is 0 Å². The molecule has 0 spiro atoms. The fourth-order valence-electron chi connectivity index (χ4n) is 5.33. The molecule has 1 aromatic carbocycles. The molecule has 30 heavy (non-hydrogen) atoms. The van der Waals surface area contributed by atoms with Crippen molar-refractivity contribution in [1.29, 1.82) is 0 Å². The Morgan fingerprint density at radius 3 is 2.20 bits per heavy atom. The van der Waals surface area contributed by atoms with Crippen LogP contribution in [0, 0.1) is 44.4 Å². The van der Waals surface area contributed by atoms with Gasteiger partial charge in [-0.05, 0) is 69.2 Å². The number of aromatic nitrogens is 1. The maximum atomic E-state index is 12.9. The van der Waals surface area contributed by atoms with E-state index >= 15 is 0 Å². The van der Waals surface area contributed by atoms with Gasteiger partial charge in [-0.1, -0.05) is 29.8 Å². The molecule has 0 radical (unpaired) electrons. The Morgan fingerprint density at radius 1 is 1.00 bits per heavy atom. The second-order valence-corrected chi connectivity index (χ2v) is 9.08. The molecular weight excluding hydrogens is 398 g/mol. The van der Waals surface area contributed by atoms with Crippen molar-refractivity contribution in [2.75, 3.05) is 0 Å². The van der Waals surface area contributed by atoms with Gasteiger partial charge in [-0.15, -0.1) is 0 Å². The number of hydrogen-bond acceptors (Lipinski definition) is 3. The quantitative estimate of drug-likeness (QED) is 0.413. The van der Waals surface area contributed by atoms with Gasteiger partial charge in [0, 0.05) is 27.7 Å². The molecule has 2 heterocycles. The van der Waals surface area contributed by atoms with Gasteiger partial charge in [0.15, 0.2) is 0 Å². The summed E-state index contributed by atoms with van der Waals surface area (Å²) in [7, 11) is 0. The number of hydrazone groups is 1. The normalized spacial score (nSPS) is 27.5. The number of fused-ring (bicyclic) bond motifs is 1. The van der Waals surface area contributed by atoms with E-state index in [1.807, 2.05) is 45.0 Å². The number of benzene rings is 1. The molecule has 3 aliphatic carbocycles. The minimum absolute atomic E-state index is 0.153. The van der Waals surface area contributed by atoms with Crippen LogP contribution in [-0.4, -0.2) is 27.6 Å². The van der Waals surface area contributed by atoms with Gasteiger partial charge in [0.25, 0.3) is 11.8 Å². The minimum Gasteiger partial charge on any atom is -0.318 e. The fourth-order valence-corrected chi connectivity index (χ4v) is 5.50. The standard InChI is InChI=1S/C24H24ClN3O2/c1-13-4-9-19(11-20(13)25)27-14(2)10-18(15(27)3)12-26-28-23(29)21-16-5-6-17(8-7-16)22(21)24(28)30/h4-6,9-12,16-17,21-22H,7-8H2,1-3H3/b26-12-/t16-,17-,21-,22-/m0/s1. The molecule has 2 amide bonds. The van der Waals surface area contributed by atoms with Crippen molar-refractivity contribution in [3.63, 3.8) is 0 Å². The molecular formula is C24H24ClN3O2. The van der Waals surface area contributed by atoms with Crippen LogP contribution in [0.4, 0.5) is 0 Å². The van der Waals surface area contributed by atoms with Crippen LogP contribution in [0.25, 0.3) is 5.69 Å². The first kappa shape index (κ1) is 19.3. The van der Waals surface area contributed by atoms with Gasteiger partial charge in [0.2, 0.25) is 0 Å². The lowest BCUT2D eigenvalue weighted by atomic mass is 9.63. The molecule has 4 atom stereocenters. The van der Waals surface area contributed by atoms with E-state index in [9.17, 15) is 9.59 Å². The third-order valence-corrected chi connectivity index (χ3v) is 7.34. The summed E-state index contributed by atoms with van der Waals surface area (Å²) in [5.41, 5.74) is 4.89. The van der Waals surface area contributed by atoms with E-state index in [2.05, 4.69) is 21.8 Å². The number of halogens is 1. The molecule has 6 heteroatoms. The largest absolute Gasteiger partial charge is 0.318 e. The number of carbonyl (C=O) groups excluding carboxylic acids is 2. The maximum absolute atomic E-state index is 12.9. The van der Waals surface area contributed by atoms with Crippen molar-refractivity contribution in [3.05, 3.63) is 64.0 Å². The van der Waals surface area contributed by atoms with Gasteiger partial charge in [0.1, 0.15) is 0 Å². The minimum atomic E-state index is -0.236. The van der Waals surface area contributed by atoms with Crippen molar-refractivity contribution < 1.29 is 9.59 Å². The van der Waals surface area contributed by atoms with E-state index in [4.69, 9.17) is 11.6 Å². The van der Waals surface area contributed by atoms with Gasteiger partial charge < -0.3 is 4.57 Å². The molecule has 2 aromatic rings. The first-order valence-corrected chi connectivity index (χ1v) is 10.8. The van der Waals surface area contributed by atoms with Crippen molar-refractivity contribution in [3.8, 4) is 5.69 Å². The number of carbonyl (C=O) groups is 2. The summed E-state index contributed by atoms with van der Waals surface area (Å²) in [6.45, 7) is 5.99. The number of aryl methyl sites for hydroxylation is 2. The average Bonchev–Trinajstić information content (AvgIpc) is 3.17. The third kappa shape index (κ3) is 2.79. The van der Waals surface area contributed by atoms with Gasteiger partial charge in [0.05, 0.1) is 18.1 Å². The van der Waals surface area contributed by atoms with Crippen LogP contribution in [0.2, 0.25) is 5.02 Å². The first-order valence-electron chi connectivity index (χ1n) is 10.4. The van der Waals surface area contributed by atoms with Gasteiger partial charge in [-0.2, -0.15) is 10.1 Å². The Morgan fingerprint density at radius 2 is 1.63 bits per heavy atom. The van der Waals surface area contributed by atoms with Crippen LogP contribution in [0.5, 0.6) is 0 Å². The maximum Gasteiger partial charge on any atom is 0.254 e. The second kappa shape index (κ2) is 6.95. The van der Waals surface area contributed by atoms with Crippen LogP contribution in [0.3, 0.4) is 0 Å². The summed E-state index contributed by atoms with van der Waals surface area (Å²) >= 11 is 6.32. The van der Waals surface area contributed by atoms with Crippen molar-refractivity contribution in [2.45, 2.75) is 33.6 Å². The lowest BCUT2D eigenvalue weighted by Crippen LogP contribution is -2.38. The second-order valence-electron chi connectivity index (χ2n) is 8.67. The van der Waals surface area contributed by atoms with Crippen molar-refractivity contribution in [2.24, 2.45) is 28.8 Å². The Labute approximate surface area is 181 Å². The highest BCUT2D eigenvalue weighted by molar-refractivity contribution is 6.31. The number of imide groups is 1. The third-order valence-electron chi connectivity index (χ3n) is 6.93. The van der Waals surface area contributed by atoms with Crippen LogP contribution in [-0.2, 0) is 9.59 Å². The molecule has 2 fully saturated rings. The SMILES string of the molecule is Cc1ccc(-n2c(C)cc(/C=N\N3C(=O)[C@@H]4[C@@H](C3=O)[C@H]3C=C[C@H]4CC3)c2C)cc1Cl. The van der Waals surface area contributed by atoms with Crippen LogP contribution >= 0.6 is 11.6 Å². The summed E-state index contributed by atoms with van der Waals surface area (Å²) in [5, 5.41) is 6.19. The molecule has 4 aliphatic rings. The lowest BCUT2D eigenvalue weighted by molar-refractivity contribution is -0.140.